The molecule has 2 heteroatoms. The van der Waals surface area contributed by atoms with Gasteiger partial charge < -0.3 is 4.74 Å². The van der Waals surface area contributed by atoms with Crippen LogP contribution in [0.2, 0.25) is 0 Å². The van der Waals surface area contributed by atoms with Crippen LogP contribution in [0, 0.1) is 5.92 Å². The van der Waals surface area contributed by atoms with Gasteiger partial charge in [-0.25, -0.2) is 0 Å². The molecule has 0 amide bonds. The van der Waals surface area contributed by atoms with Crippen LogP contribution in [0.15, 0.2) is 0 Å². The SMILES string of the molecule is CC1CCCCC12CC(Cl)CCO2. The molecule has 1 aliphatic heterocycles. The van der Waals surface area contributed by atoms with Crippen LogP contribution in [0.5, 0.6) is 0 Å². The first-order valence-corrected chi connectivity index (χ1v) is 5.95. The first-order chi connectivity index (χ1) is 6.23. The fraction of sp³-hybridized carbons (Fsp3) is 1.00. The first-order valence-electron chi connectivity index (χ1n) is 5.51. The van der Waals surface area contributed by atoms with Gasteiger partial charge in [0.2, 0.25) is 0 Å². The van der Waals surface area contributed by atoms with E-state index in [0.29, 0.717) is 11.3 Å². The Morgan fingerprint density at radius 3 is 2.85 bits per heavy atom. The number of alkyl halides is 1. The Balaban J connectivity index is 2.07. The van der Waals surface area contributed by atoms with Crippen molar-refractivity contribution in [2.75, 3.05) is 6.61 Å². The molecule has 0 N–H and O–H groups in total. The molecule has 76 valence electrons. The van der Waals surface area contributed by atoms with E-state index in [9.17, 15) is 0 Å². The van der Waals surface area contributed by atoms with Crippen LogP contribution in [0.1, 0.15) is 45.4 Å². The molecule has 1 aliphatic carbocycles. The van der Waals surface area contributed by atoms with E-state index in [0.717, 1.165) is 19.4 Å². The Kier molecular flexibility index (Phi) is 2.85. The molecule has 13 heavy (non-hydrogen) atoms. The highest BCUT2D eigenvalue weighted by molar-refractivity contribution is 6.20. The van der Waals surface area contributed by atoms with Crippen molar-refractivity contribution in [2.24, 2.45) is 5.92 Å². The molecular formula is C11H19ClO. The summed E-state index contributed by atoms with van der Waals surface area (Å²) in [5.41, 5.74) is 0.156. The van der Waals surface area contributed by atoms with E-state index in [4.69, 9.17) is 16.3 Å². The minimum Gasteiger partial charge on any atom is -0.375 e. The predicted molar refractivity (Wildman–Crippen MR) is 55.2 cm³/mol. The van der Waals surface area contributed by atoms with Crippen LogP contribution in [-0.2, 0) is 4.74 Å². The lowest BCUT2D eigenvalue weighted by Gasteiger charge is -2.46. The smallest absolute Gasteiger partial charge is 0.0722 e. The molecule has 2 aliphatic rings. The molecule has 2 fully saturated rings. The maximum Gasteiger partial charge on any atom is 0.0722 e. The summed E-state index contributed by atoms with van der Waals surface area (Å²) in [4.78, 5) is 0. The van der Waals surface area contributed by atoms with Gasteiger partial charge in [-0.1, -0.05) is 19.8 Å². The molecule has 0 aromatic heterocycles. The van der Waals surface area contributed by atoms with Crippen LogP contribution in [-0.4, -0.2) is 17.6 Å². The molecule has 0 bridgehead atoms. The van der Waals surface area contributed by atoms with Gasteiger partial charge in [0.25, 0.3) is 0 Å². The van der Waals surface area contributed by atoms with Crippen LogP contribution in [0.25, 0.3) is 0 Å². The maximum absolute atomic E-state index is 6.22. The monoisotopic (exact) mass is 202 g/mol. The van der Waals surface area contributed by atoms with Gasteiger partial charge in [0.15, 0.2) is 0 Å². The van der Waals surface area contributed by atoms with Gasteiger partial charge in [0.05, 0.1) is 5.60 Å². The van der Waals surface area contributed by atoms with Crippen molar-refractivity contribution < 1.29 is 4.74 Å². The van der Waals surface area contributed by atoms with Gasteiger partial charge in [0, 0.05) is 12.0 Å². The summed E-state index contributed by atoms with van der Waals surface area (Å²) < 4.78 is 6.00. The molecule has 1 saturated carbocycles. The number of ether oxygens (including phenoxy) is 1. The van der Waals surface area contributed by atoms with E-state index in [2.05, 4.69) is 6.92 Å². The number of hydrogen-bond acceptors (Lipinski definition) is 1. The first kappa shape index (κ1) is 9.79. The quantitative estimate of drug-likeness (QED) is 0.548. The molecule has 3 unspecified atom stereocenters. The molecule has 0 aromatic rings. The fourth-order valence-corrected chi connectivity index (χ4v) is 3.18. The second kappa shape index (κ2) is 3.78. The van der Waals surface area contributed by atoms with Crippen molar-refractivity contribution in [2.45, 2.75) is 56.4 Å². The fourth-order valence-electron chi connectivity index (χ4n) is 2.83. The highest BCUT2D eigenvalue weighted by Crippen LogP contribution is 2.43. The lowest BCUT2D eigenvalue weighted by Crippen LogP contribution is -2.47. The van der Waals surface area contributed by atoms with Crippen molar-refractivity contribution >= 4 is 11.6 Å². The molecule has 0 radical (unpaired) electrons. The zero-order valence-corrected chi connectivity index (χ0v) is 9.15. The Labute approximate surface area is 85.8 Å². The van der Waals surface area contributed by atoms with Crippen molar-refractivity contribution in [1.29, 1.82) is 0 Å². The summed E-state index contributed by atoms with van der Waals surface area (Å²) in [6.07, 6.45) is 7.37. The second-order valence-corrected chi connectivity index (χ2v) is 5.27. The van der Waals surface area contributed by atoms with Crippen LogP contribution in [0.4, 0.5) is 0 Å². The third-order valence-corrected chi connectivity index (χ3v) is 4.15. The molecular weight excluding hydrogens is 184 g/mol. The zero-order chi connectivity index (χ0) is 9.31. The third-order valence-electron chi connectivity index (χ3n) is 3.77. The molecule has 1 saturated heterocycles. The Bertz CT molecular complexity index is 179. The van der Waals surface area contributed by atoms with Crippen molar-refractivity contribution in [3.8, 4) is 0 Å². The molecule has 2 rings (SSSR count). The highest BCUT2D eigenvalue weighted by atomic mass is 35.5. The van der Waals surface area contributed by atoms with E-state index in [1.165, 1.54) is 25.7 Å². The lowest BCUT2D eigenvalue weighted by atomic mass is 9.72. The lowest BCUT2D eigenvalue weighted by molar-refractivity contribution is -0.129. The predicted octanol–water partition coefficient (Wildman–Crippen LogP) is 3.35. The van der Waals surface area contributed by atoms with Gasteiger partial charge >= 0.3 is 0 Å². The average Bonchev–Trinajstić information content (AvgIpc) is 2.11. The van der Waals surface area contributed by atoms with E-state index >= 15 is 0 Å². The van der Waals surface area contributed by atoms with E-state index in [1.54, 1.807) is 0 Å². The van der Waals surface area contributed by atoms with Crippen molar-refractivity contribution in [1.82, 2.24) is 0 Å². The van der Waals surface area contributed by atoms with Gasteiger partial charge in [-0.3, -0.25) is 0 Å². The molecule has 3 atom stereocenters. The third kappa shape index (κ3) is 1.87. The van der Waals surface area contributed by atoms with Gasteiger partial charge in [-0.2, -0.15) is 0 Å². The largest absolute Gasteiger partial charge is 0.375 e. The van der Waals surface area contributed by atoms with E-state index in [1.807, 2.05) is 0 Å². The van der Waals surface area contributed by atoms with Crippen molar-refractivity contribution in [3.05, 3.63) is 0 Å². The van der Waals surface area contributed by atoms with Gasteiger partial charge in [-0.05, 0) is 31.6 Å². The summed E-state index contributed by atoms with van der Waals surface area (Å²) in [6, 6.07) is 0. The Morgan fingerprint density at radius 1 is 1.31 bits per heavy atom. The molecule has 0 aromatic carbocycles. The number of rotatable bonds is 0. The Hall–Kier alpha value is 0.250. The normalized spacial score (nSPS) is 46.6. The highest BCUT2D eigenvalue weighted by Gasteiger charge is 2.42. The molecule has 1 spiro atoms. The second-order valence-electron chi connectivity index (χ2n) is 4.65. The average molecular weight is 203 g/mol. The summed E-state index contributed by atoms with van der Waals surface area (Å²) in [5.74, 6) is 0.711. The standard InChI is InChI=1S/C11H19ClO/c1-9-4-2-3-6-11(9)8-10(12)5-7-13-11/h9-10H,2-8H2,1H3. The summed E-state index contributed by atoms with van der Waals surface area (Å²) in [7, 11) is 0. The molecule has 1 nitrogen and oxygen atoms in total. The minimum atomic E-state index is 0.156. The number of halogens is 1. The van der Waals surface area contributed by atoms with Gasteiger partial charge in [0.1, 0.15) is 0 Å². The zero-order valence-electron chi connectivity index (χ0n) is 8.39. The van der Waals surface area contributed by atoms with Crippen LogP contribution in [0.3, 0.4) is 0 Å². The number of hydrogen-bond donors (Lipinski definition) is 0. The van der Waals surface area contributed by atoms with Crippen LogP contribution < -0.4 is 0 Å². The minimum absolute atomic E-state index is 0.156. The van der Waals surface area contributed by atoms with Gasteiger partial charge in [-0.15, -0.1) is 11.6 Å². The Morgan fingerprint density at radius 2 is 2.15 bits per heavy atom. The topological polar surface area (TPSA) is 9.23 Å². The van der Waals surface area contributed by atoms with Crippen molar-refractivity contribution in [3.63, 3.8) is 0 Å². The summed E-state index contributed by atoms with van der Waals surface area (Å²) >= 11 is 6.22. The van der Waals surface area contributed by atoms with Crippen LogP contribution >= 0.6 is 11.6 Å². The molecule has 1 heterocycles. The maximum atomic E-state index is 6.22. The summed E-state index contributed by atoms with van der Waals surface area (Å²) in [5, 5.41) is 0.356. The van der Waals surface area contributed by atoms with E-state index in [-0.39, 0.29) is 5.60 Å². The van der Waals surface area contributed by atoms with E-state index < -0.39 is 0 Å². The summed E-state index contributed by atoms with van der Waals surface area (Å²) in [6.45, 7) is 3.20.